The first-order chi connectivity index (χ1) is 12.6. The summed E-state index contributed by atoms with van der Waals surface area (Å²) in [6.45, 7) is 0.367. The van der Waals surface area contributed by atoms with Gasteiger partial charge in [0.25, 0.3) is 0 Å². The Bertz CT molecular complexity index is 903. The number of halogens is 2. The van der Waals surface area contributed by atoms with Gasteiger partial charge in [-0.25, -0.2) is 4.39 Å². The van der Waals surface area contributed by atoms with Crippen molar-refractivity contribution in [2.24, 2.45) is 0 Å². The summed E-state index contributed by atoms with van der Waals surface area (Å²) in [5.74, 6) is -0.581. The molecule has 0 atom stereocenters. The van der Waals surface area contributed by atoms with E-state index in [1.54, 1.807) is 24.7 Å². The second kappa shape index (κ2) is 8.54. The van der Waals surface area contributed by atoms with Crippen molar-refractivity contribution in [1.82, 2.24) is 15.3 Å². The van der Waals surface area contributed by atoms with Crippen molar-refractivity contribution in [2.45, 2.75) is 19.4 Å². The third kappa shape index (κ3) is 4.64. The maximum Gasteiger partial charge on any atom is 0.220 e. The predicted octanol–water partition coefficient (Wildman–Crippen LogP) is 4.19. The lowest BCUT2D eigenvalue weighted by molar-refractivity contribution is -0.121. The molecule has 3 aromatic rings. The van der Waals surface area contributed by atoms with Crippen LogP contribution in [0.1, 0.15) is 17.5 Å². The summed E-state index contributed by atoms with van der Waals surface area (Å²) in [6.07, 6.45) is 5.87. The molecule has 0 saturated carbocycles. The van der Waals surface area contributed by atoms with Gasteiger partial charge in [-0.15, -0.1) is 0 Å². The predicted molar refractivity (Wildman–Crippen MR) is 99.0 cm³/mol. The largest absolute Gasteiger partial charge is 0.352 e. The molecule has 4 nitrogen and oxygen atoms in total. The van der Waals surface area contributed by atoms with E-state index in [0.717, 1.165) is 22.4 Å². The van der Waals surface area contributed by atoms with Crippen molar-refractivity contribution < 1.29 is 9.18 Å². The Morgan fingerprint density at radius 3 is 2.77 bits per heavy atom. The smallest absolute Gasteiger partial charge is 0.220 e. The van der Waals surface area contributed by atoms with E-state index in [1.165, 1.54) is 12.1 Å². The van der Waals surface area contributed by atoms with E-state index in [4.69, 9.17) is 11.6 Å². The molecule has 6 heteroatoms. The zero-order chi connectivity index (χ0) is 18.4. The highest BCUT2D eigenvalue weighted by atomic mass is 35.5. The third-order valence-electron chi connectivity index (χ3n) is 3.93. The summed E-state index contributed by atoms with van der Waals surface area (Å²) in [4.78, 5) is 20.6. The Morgan fingerprint density at radius 2 is 2.00 bits per heavy atom. The molecule has 2 aromatic heterocycles. The summed E-state index contributed by atoms with van der Waals surface area (Å²) in [6, 6.07) is 12.1. The number of rotatable bonds is 6. The highest BCUT2D eigenvalue weighted by molar-refractivity contribution is 6.30. The van der Waals surface area contributed by atoms with Crippen LogP contribution in [0.15, 0.2) is 61.1 Å². The highest BCUT2D eigenvalue weighted by Gasteiger charge is 2.09. The zero-order valence-electron chi connectivity index (χ0n) is 14.0. The van der Waals surface area contributed by atoms with Gasteiger partial charge < -0.3 is 5.32 Å². The second-order valence-electron chi connectivity index (χ2n) is 5.78. The first kappa shape index (κ1) is 18.0. The van der Waals surface area contributed by atoms with Crippen molar-refractivity contribution in [2.75, 3.05) is 0 Å². The minimum Gasteiger partial charge on any atom is -0.352 e. The molecule has 0 radical (unpaired) electrons. The molecule has 0 spiro atoms. The van der Waals surface area contributed by atoms with Crippen LogP contribution in [0.25, 0.3) is 11.3 Å². The minimum atomic E-state index is -0.471. The molecule has 1 amide bonds. The fourth-order valence-electron chi connectivity index (χ4n) is 2.58. The van der Waals surface area contributed by atoms with Gasteiger partial charge in [-0.1, -0.05) is 23.7 Å². The van der Waals surface area contributed by atoms with Crippen molar-refractivity contribution in [3.63, 3.8) is 0 Å². The van der Waals surface area contributed by atoms with Crippen LogP contribution in [0.4, 0.5) is 4.39 Å². The molecule has 0 aliphatic rings. The van der Waals surface area contributed by atoms with Gasteiger partial charge in [-0.3, -0.25) is 14.8 Å². The van der Waals surface area contributed by atoms with Crippen LogP contribution in [0.5, 0.6) is 0 Å². The summed E-state index contributed by atoms with van der Waals surface area (Å²) in [5.41, 5.74) is 3.33. The maximum atomic E-state index is 13.4. The molecule has 3 rings (SSSR count). The number of carbonyl (C=O) groups excluding carboxylic acids is 1. The van der Waals surface area contributed by atoms with Gasteiger partial charge in [0.15, 0.2) is 0 Å². The normalized spacial score (nSPS) is 10.5. The van der Waals surface area contributed by atoms with E-state index in [1.807, 2.05) is 24.3 Å². The molecule has 132 valence electrons. The first-order valence-corrected chi connectivity index (χ1v) is 8.56. The van der Waals surface area contributed by atoms with Crippen molar-refractivity contribution in [3.8, 4) is 11.3 Å². The van der Waals surface area contributed by atoms with Gasteiger partial charge in [0.2, 0.25) is 5.91 Å². The van der Waals surface area contributed by atoms with E-state index in [-0.39, 0.29) is 17.4 Å². The number of hydrogen-bond acceptors (Lipinski definition) is 3. The van der Waals surface area contributed by atoms with Gasteiger partial charge in [0, 0.05) is 37.1 Å². The average molecular weight is 370 g/mol. The number of nitrogens with zero attached hydrogens (tertiary/aromatic N) is 2. The Hall–Kier alpha value is -2.79. The van der Waals surface area contributed by atoms with E-state index >= 15 is 0 Å². The van der Waals surface area contributed by atoms with Crippen molar-refractivity contribution in [3.05, 3.63) is 83.0 Å². The molecule has 0 unspecified atom stereocenters. The lowest BCUT2D eigenvalue weighted by atomic mass is 10.1. The van der Waals surface area contributed by atoms with Crippen molar-refractivity contribution in [1.29, 1.82) is 0 Å². The first-order valence-electron chi connectivity index (χ1n) is 8.18. The summed E-state index contributed by atoms with van der Waals surface area (Å²) in [5, 5.41) is 2.97. The van der Waals surface area contributed by atoms with Crippen LogP contribution in [-0.2, 0) is 17.8 Å². The number of benzene rings is 1. The number of aryl methyl sites for hydroxylation is 1. The van der Waals surface area contributed by atoms with Gasteiger partial charge in [0.1, 0.15) is 5.82 Å². The summed E-state index contributed by atoms with van der Waals surface area (Å²) in [7, 11) is 0. The molecular formula is C20H17ClFN3O. The zero-order valence-corrected chi connectivity index (χ0v) is 14.7. The van der Waals surface area contributed by atoms with Crippen LogP contribution in [0.3, 0.4) is 0 Å². The molecule has 1 aromatic carbocycles. The van der Waals surface area contributed by atoms with E-state index in [2.05, 4.69) is 15.3 Å². The molecule has 0 saturated heterocycles. The number of hydrogen-bond donors (Lipinski definition) is 1. The van der Waals surface area contributed by atoms with Crippen LogP contribution in [0, 0.1) is 5.82 Å². The highest BCUT2D eigenvalue weighted by Crippen LogP contribution is 2.20. The number of nitrogens with one attached hydrogen (secondary N) is 1. The number of amides is 1. The fourth-order valence-corrected chi connectivity index (χ4v) is 2.70. The van der Waals surface area contributed by atoms with E-state index in [0.29, 0.717) is 13.0 Å². The molecule has 0 bridgehead atoms. The van der Waals surface area contributed by atoms with E-state index < -0.39 is 5.82 Å². The monoisotopic (exact) mass is 369 g/mol. The van der Waals surface area contributed by atoms with Gasteiger partial charge in [-0.2, -0.15) is 0 Å². The Kier molecular flexibility index (Phi) is 5.92. The lowest BCUT2D eigenvalue weighted by Crippen LogP contribution is -2.23. The number of pyridine rings is 2. The Morgan fingerprint density at radius 1 is 1.15 bits per heavy atom. The number of aromatic nitrogens is 2. The Labute approximate surface area is 156 Å². The lowest BCUT2D eigenvalue weighted by Gasteiger charge is -2.10. The van der Waals surface area contributed by atoms with Crippen LogP contribution in [0.2, 0.25) is 5.02 Å². The van der Waals surface area contributed by atoms with Gasteiger partial charge in [0.05, 0.1) is 10.7 Å². The van der Waals surface area contributed by atoms with E-state index in [9.17, 15) is 9.18 Å². The second-order valence-corrected chi connectivity index (χ2v) is 6.19. The summed E-state index contributed by atoms with van der Waals surface area (Å²) >= 11 is 5.66. The summed E-state index contributed by atoms with van der Waals surface area (Å²) < 4.78 is 13.4. The molecule has 0 aliphatic carbocycles. The Balaban J connectivity index is 1.59. The molecule has 0 aliphatic heterocycles. The molecular weight excluding hydrogens is 353 g/mol. The SMILES string of the molecule is O=C(CCc1ccc(Cl)c(F)c1)NCc1cccnc1-c1cccnc1. The van der Waals surface area contributed by atoms with Gasteiger partial charge in [-0.05, 0) is 47.9 Å². The van der Waals surface area contributed by atoms with Crippen LogP contribution in [-0.4, -0.2) is 15.9 Å². The number of carbonyl (C=O) groups is 1. The molecule has 0 fully saturated rings. The van der Waals surface area contributed by atoms with Gasteiger partial charge >= 0.3 is 0 Å². The average Bonchev–Trinajstić information content (AvgIpc) is 2.68. The van der Waals surface area contributed by atoms with Crippen molar-refractivity contribution >= 4 is 17.5 Å². The van der Waals surface area contributed by atoms with Crippen LogP contribution < -0.4 is 5.32 Å². The fraction of sp³-hybridized carbons (Fsp3) is 0.150. The quantitative estimate of drug-likeness (QED) is 0.709. The van der Waals surface area contributed by atoms with Crippen LogP contribution >= 0.6 is 11.6 Å². The molecule has 2 heterocycles. The molecule has 26 heavy (non-hydrogen) atoms. The topological polar surface area (TPSA) is 54.9 Å². The third-order valence-corrected chi connectivity index (χ3v) is 4.23. The standard InChI is InChI=1S/C20H17ClFN3O/c21-17-7-5-14(11-18(17)22)6-8-19(26)25-13-16-4-2-10-24-20(16)15-3-1-9-23-12-15/h1-5,7,9-12H,6,8,13H2,(H,25,26). The maximum absolute atomic E-state index is 13.4. The minimum absolute atomic E-state index is 0.0812. The molecule has 1 N–H and O–H groups in total.